The molecular formula is C25H29FN4O3S2. The van der Waals surface area contributed by atoms with Crippen molar-refractivity contribution in [3.63, 3.8) is 0 Å². The lowest BCUT2D eigenvalue weighted by atomic mass is 9.87. The molecule has 1 N–H and O–H groups in total. The Morgan fingerprint density at radius 3 is 2.63 bits per heavy atom. The van der Waals surface area contributed by atoms with Crippen molar-refractivity contribution in [2.75, 3.05) is 37.5 Å². The second kappa shape index (κ2) is 10.5. The van der Waals surface area contributed by atoms with Gasteiger partial charge in [-0.3, -0.25) is 14.5 Å². The molecule has 10 heteroatoms. The van der Waals surface area contributed by atoms with Crippen LogP contribution in [0.5, 0.6) is 0 Å². The third-order valence-electron chi connectivity index (χ3n) is 5.65. The van der Waals surface area contributed by atoms with Gasteiger partial charge in [0.05, 0.1) is 29.0 Å². The van der Waals surface area contributed by atoms with E-state index in [1.165, 1.54) is 28.8 Å². The smallest absolute Gasteiger partial charge is 0.240 e. The normalized spacial score (nSPS) is 16.2. The van der Waals surface area contributed by atoms with Crippen LogP contribution in [0.2, 0.25) is 0 Å². The molecule has 0 radical (unpaired) electrons. The second-order valence-corrected chi connectivity index (χ2v) is 11.2. The minimum Gasteiger partial charge on any atom is -0.383 e. The van der Waals surface area contributed by atoms with Crippen LogP contribution in [0.4, 0.5) is 10.2 Å². The highest BCUT2D eigenvalue weighted by molar-refractivity contribution is 8.00. The molecule has 1 aromatic carbocycles. The molecule has 186 valence electrons. The molecule has 2 amide bonds. The summed E-state index contributed by atoms with van der Waals surface area (Å²) >= 11 is 3.14. The molecule has 3 aromatic rings. The number of anilines is 1. The monoisotopic (exact) mass is 516 g/mol. The zero-order valence-electron chi connectivity index (χ0n) is 20.2. The Labute approximate surface area is 212 Å². The quantitative estimate of drug-likeness (QED) is 0.474. The Hall–Kier alpha value is -2.69. The molecule has 35 heavy (non-hydrogen) atoms. The first-order valence-electron chi connectivity index (χ1n) is 11.3. The SMILES string of the molecule is COCCNC(=O)CN1C(=O)CS[C@H](c2ccsc2)c2c(C(C)(C)C)nn(-c3ccc(F)cc3)c21. The van der Waals surface area contributed by atoms with Crippen molar-refractivity contribution in [1.29, 1.82) is 0 Å². The highest BCUT2D eigenvalue weighted by Gasteiger charge is 2.40. The lowest BCUT2D eigenvalue weighted by Crippen LogP contribution is -2.43. The van der Waals surface area contributed by atoms with Gasteiger partial charge in [0.15, 0.2) is 0 Å². The van der Waals surface area contributed by atoms with Gasteiger partial charge in [0.2, 0.25) is 11.8 Å². The number of hydrogen-bond acceptors (Lipinski definition) is 6. The number of amides is 2. The summed E-state index contributed by atoms with van der Waals surface area (Å²) in [4.78, 5) is 27.8. The van der Waals surface area contributed by atoms with Crippen molar-refractivity contribution in [1.82, 2.24) is 15.1 Å². The average Bonchev–Trinajstić information content (AvgIpc) is 3.45. The fourth-order valence-electron chi connectivity index (χ4n) is 4.01. The first kappa shape index (κ1) is 25.4. The summed E-state index contributed by atoms with van der Waals surface area (Å²) < 4.78 is 20.4. The van der Waals surface area contributed by atoms with Crippen LogP contribution >= 0.6 is 23.1 Å². The minimum absolute atomic E-state index is 0.134. The number of halogens is 1. The van der Waals surface area contributed by atoms with Crippen LogP contribution in [0.3, 0.4) is 0 Å². The first-order valence-corrected chi connectivity index (χ1v) is 13.3. The second-order valence-electron chi connectivity index (χ2n) is 9.29. The maximum absolute atomic E-state index is 13.7. The summed E-state index contributed by atoms with van der Waals surface area (Å²) in [7, 11) is 1.56. The number of nitrogens with zero attached hydrogens (tertiary/aromatic N) is 3. The van der Waals surface area contributed by atoms with Gasteiger partial charge in [0.25, 0.3) is 0 Å². The molecule has 3 heterocycles. The van der Waals surface area contributed by atoms with E-state index in [-0.39, 0.29) is 40.6 Å². The number of nitrogens with one attached hydrogen (secondary N) is 1. The summed E-state index contributed by atoms with van der Waals surface area (Å²) in [5, 5.41) is 11.7. The summed E-state index contributed by atoms with van der Waals surface area (Å²) in [6, 6.07) is 8.06. The molecule has 0 saturated carbocycles. The van der Waals surface area contributed by atoms with Gasteiger partial charge in [-0.2, -0.15) is 16.4 Å². The van der Waals surface area contributed by atoms with Crippen LogP contribution in [-0.4, -0.2) is 54.2 Å². The van der Waals surface area contributed by atoms with Crippen molar-refractivity contribution in [3.05, 3.63) is 63.7 Å². The highest BCUT2D eigenvalue weighted by atomic mass is 32.2. The number of carbonyl (C=O) groups excluding carboxylic acids is 2. The number of fused-ring (bicyclic) bond motifs is 1. The predicted octanol–water partition coefficient (Wildman–Crippen LogP) is 4.30. The van der Waals surface area contributed by atoms with Gasteiger partial charge in [0.1, 0.15) is 18.2 Å². The van der Waals surface area contributed by atoms with Crippen LogP contribution in [0.15, 0.2) is 41.1 Å². The van der Waals surface area contributed by atoms with E-state index in [2.05, 4.69) is 37.5 Å². The van der Waals surface area contributed by atoms with E-state index in [1.807, 2.05) is 5.38 Å². The molecule has 7 nitrogen and oxygen atoms in total. The molecule has 1 aliphatic rings. The van der Waals surface area contributed by atoms with Gasteiger partial charge in [0, 0.05) is 24.6 Å². The Kier molecular flexibility index (Phi) is 7.63. The van der Waals surface area contributed by atoms with Crippen molar-refractivity contribution in [3.8, 4) is 5.69 Å². The van der Waals surface area contributed by atoms with Gasteiger partial charge < -0.3 is 10.1 Å². The zero-order chi connectivity index (χ0) is 25.2. The topological polar surface area (TPSA) is 76.5 Å². The van der Waals surface area contributed by atoms with E-state index in [4.69, 9.17) is 9.84 Å². The van der Waals surface area contributed by atoms with Crippen molar-refractivity contribution < 1.29 is 18.7 Å². The van der Waals surface area contributed by atoms with Gasteiger partial charge >= 0.3 is 0 Å². The third-order valence-corrected chi connectivity index (χ3v) is 7.60. The van der Waals surface area contributed by atoms with Crippen molar-refractivity contribution >= 4 is 40.7 Å². The summed E-state index contributed by atoms with van der Waals surface area (Å²) in [5.41, 5.74) is 3.10. The van der Waals surface area contributed by atoms with E-state index < -0.39 is 0 Å². The molecule has 1 aliphatic heterocycles. The molecule has 4 rings (SSSR count). The number of ether oxygens (including phenoxy) is 1. The maximum Gasteiger partial charge on any atom is 0.240 e. The number of benzene rings is 1. The van der Waals surface area contributed by atoms with Crippen molar-refractivity contribution in [2.45, 2.75) is 31.4 Å². The number of hydrogen-bond donors (Lipinski definition) is 1. The number of thioether (sulfide) groups is 1. The third kappa shape index (κ3) is 5.44. The van der Waals surface area contributed by atoms with E-state index >= 15 is 0 Å². The fourth-order valence-corrected chi connectivity index (χ4v) is 5.97. The van der Waals surface area contributed by atoms with Crippen LogP contribution in [0.1, 0.15) is 42.8 Å². The van der Waals surface area contributed by atoms with Crippen LogP contribution in [0.25, 0.3) is 5.69 Å². The Morgan fingerprint density at radius 1 is 1.26 bits per heavy atom. The van der Waals surface area contributed by atoms with Gasteiger partial charge in [-0.1, -0.05) is 20.8 Å². The molecule has 0 unspecified atom stereocenters. The lowest BCUT2D eigenvalue weighted by molar-refractivity contribution is -0.123. The van der Waals surface area contributed by atoms with E-state index in [0.29, 0.717) is 24.7 Å². The predicted molar refractivity (Wildman–Crippen MR) is 138 cm³/mol. The molecular weight excluding hydrogens is 487 g/mol. The Balaban J connectivity index is 1.92. The Bertz CT molecular complexity index is 1190. The molecule has 0 bridgehead atoms. The molecule has 0 spiro atoms. The first-order chi connectivity index (χ1) is 16.7. The maximum atomic E-state index is 13.7. The highest BCUT2D eigenvalue weighted by Crippen LogP contribution is 2.48. The number of methoxy groups -OCH3 is 1. The average molecular weight is 517 g/mol. The Morgan fingerprint density at radius 2 is 2.00 bits per heavy atom. The lowest BCUT2D eigenvalue weighted by Gasteiger charge is -2.24. The van der Waals surface area contributed by atoms with Crippen LogP contribution in [-0.2, 0) is 19.7 Å². The van der Waals surface area contributed by atoms with Gasteiger partial charge in [-0.25, -0.2) is 9.07 Å². The molecule has 1 atom stereocenters. The van der Waals surface area contributed by atoms with E-state index in [9.17, 15) is 14.0 Å². The summed E-state index contributed by atoms with van der Waals surface area (Å²) in [6.45, 7) is 6.81. The van der Waals surface area contributed by atoms with Crippen LogP contribution < -0.4 is 10.2 Å². The zero-order valence-corrected chi connectivity index (χ0v) is 21.8. The molecule has 0 fully saturated rings. The largest absolute Gasteiger partial charge is 0.383 e. The standard InChI is InChI=1S/C25H29FN4O3S2/c1-25(2,3)23-21-22(16-9-12-34-14-16)35-15-20(32)29(13-19(31)27-10-11-33-4)24(21)30(28-23)18-7-5-17(26)6-8-18/h5-9,12,14,22H,10-11,13,15H2,1-4H3,(H,27,31)/t22-/m1/s1. The van der Waals surface area contributed by atoms with E-state index in [1.54, 1.807) is 35.3 Å². The molecule has 2 aromatic heterocycles. The summed E-state index contributed by atoms with van der Waals surface area (Å²) in [5.74, 6) is -0.0630. The van der Waals surface area contributed by atoms with Crippen molar-refractivity contribution in [2.24, 2.45) is 0 Å². The molecule has 0 saturated heterocycles. The molecule has 0 aliphatic carbocycles. The minimum atomic E-state index is -0.361. The number of aromatic nitrogens is 2. The fraction of sp³-hybridized carbons (Fsp3) is 0.400. The van der Waals surface area contributed by atoms with Crippen LogP contribution in [0, 0.1) is 5.82 Å². The van der Waals surface area contributed by atoms with E-state index in [0.717, 1.165) is 16.8 Å². The number of rotatable bonds is 7. The summed E-state index contributed by atoms with van der Waals surface area (Å²) in [6.07, 6.45) is 0. The van der Waals surface area contributed by atoms with Gasteiger partial charge in [-0.15, -0.1) is 11.8 Å². The van der Waals surface area contributed by atoms with Gasteiger partial charge in [-0.05, 0) is 46.7 Å². The number of thiophene rings is 1. The number of carbonyl (C=O) groups is 2.